The minimum atomic E-state index is -0.549. The molecule has 3 rings (SSSR count). The van der Waals surface area contributed by atoms with Crippen molar-refractivity contribution >= 4 is 17.5 Å². The number of anilines is 1. The van der Waals surface area contributed by atoms with Gasteiger partial charge in [0.15, 0.2) is 0 Å². The molecule has 0 aromatic heterocycles. The smallest absolute Gasteiger partial charge is 0.251 e. The molecule has 2 fully saturated rings. The summed E-state index contributed by atoms with van der Waals surface area (Å²) in [6.07, 6.45) is 3.47. The molecule has 118 valence electrons. The molecule has 1 aromatic carbocycles. The first-order valence-corrected chi connectivity index (χ1v) is 7.65. The van der Waals surface area contributed by atoms with E-state index in [0.717, 1.165) is 19.5 Å². The molecule has 0 spiro atoms. The third-order valence-electron chi connectivity index (χ3n) is 4.16. The van der Waals surface area contributed by atoms with Gasteiger partial charge in [-0.3, -0.25) is 14.5 Å². The fraction of sp³-hybridized carbons (Fsp3) is 0.500. The van der Waals surface area contributed by atoms with Gasteiger partial charge in [-0.2, -0.15) is 0 Å². The molecule has 0 radical (unpaired) electrons. The molecule has 1 heterocycles. The minimum absolute atomic E-state index is 0.0335. The van der Waals surface area contributed by atoms with Crippen LogP contribution >= 0.6 is 0 Å². The molecular weight excluding hydrogens is 285 g/mol. The Bertz CT molecular complexity index is 601. The van der Waals surface area contributed by atoms with Crippen LogP contribution in [-0.2, 0) is 4.79 Å². The van der Waals surface area contributed by atoms with E-state index < -0.39 is 5.82 Å². The second-order valence-electron chi connectivity index (χ2n) is 6.06. The maximum Gasteiger partial charge on any atom is 0.251 e. The Hall–Kier alpha value is -1.95. The molecule has 2 aliphatic rings. The number of nitrogens with one attached hydrogen (secondary N) is 2. The summed E-state index contributed by atoms with van der Waals surface area (Å²) in [5, 5.41) is 5.38. The topological polar surface area (TPSA) is 61.4 Å². The summed E-state index contributed by atoms with van der Waals surface area (Å²) in [7, 11) is 0. The lowest BCUT2D eigenvalue weighted by Crippen LogP contribution is -2.37. The summed E-state index contributed by atoms with van der Waals surface area (Å²) >= 11 is 0. The van der Waals surface area contributed by atoms with Gasteiger partial charge in [-0.1, -0.05) is 0 Å². The Morgan fingerprint density at radius 3 is 2.73 bits per heavy atom. The zero-order chi connectivity index (χ0) is 15.7. The van der Waals surface area contributed by atoms with Gasteiger partial charge in [0.2, 0.25) is 5.91 Å². The fourth-order valence-corrected chi connectivity index (χ4v) is 2.90. The number of hydrogen-bond acceptors (Lipinski definition) is 3. The van der Waals surface area contributed by atoms with Gasteiger partial charge < -0.3 is 10.6 Å². The van der Waals surface area contributed by atoms with E-state index in [4.69, 9.17) is 0 Å². The van der Waals surface area contributed by atoms with Crippen molar-refractivity contribution in [2.75, 3.05) is 18.4 Å². The van der Waals surface area contributed by atoms with E-state index in [9.17, 15) is 14.0 Å². The maximum absolute atomic E-state index is 13.6. The predicted octanol–water partition coefficient (Wildman–Crippen LogP) is 1.75. The van der Waals surface area contributed by atoms with Gasteiger partial charge in [0.25, 0.3) is 5.91 Å². The minimum Gasteiger partial charge on any atom is -0.348 e. The maximum atomic E-state index is 13.6. The van der Waals surface area contributed by atoms with E-state index in [2.05, 4.69) is 15.5 Å². The monoisotopic (exact) mass is 305 g/mol. The van der Waals surface area contributed by atoms with E-state index in [1.807, 2.05) is 0 Å². The lowest BCUT2D eigenvalue weighted by molar-refractivity contribution is -0.114. The van der Waals surface area contributed by atoms with E-state index in [-0.39, 0.29) is 23.5 Å². The third kappa shape index (κ3) is 3.44. The highest BCUT2D eigenvalue weighted by Gasteiger charge is 2.34. The average molecular weight is 305 g/mol. The first kappa shape index (κ1) is 15.0. The van der Waals surface area contributed by atoms with Crippen LogP contribution in [0.15, 0.2) is 18.2 Å². The standard InChI is InChI=1S/C16H20FN3O2/c1-10(21)18-15-8-11(2-5-14(15)17)16(22)19-12-6-7-20(9-12)13-3-4-13/h2,5,8,12-13H,3-4,6-7,9H2,1H3,(H,18,21)(H,19,22). The van der Waals surface area contributed by atoms with Gasteiger partial charge in [-0.15, -0.1) is 0 Å². The molecule has 22 heavy (non-hydrogen) atoms. The summed E-state index contributed by atoms with van der Waals surface area (Å²) in [6, 6.07) is 4.86. The Kier molecular flexibility index (Phi) is 4.11. The van der Waals surface area contributed by atoms with E-state index in [1.165, 1.54) is 38.0 Å². The van der Waals surface area contributed by atoms with Crippen LogP contribution in [0.1, 0.15) is 36.5 Å². The zero-order valence-corrected chi connectivity index (χ0v) is 12.6. The van der Waals surface area contributed by atoms with Crippen molar-refractivity contribution < 1.29 is 14.0 Å². The summed E-state index contributed by atoms with van der Waals surface area (Å²) in [6.45, 7) is 3.21. The quantitative estimate of drug-likeness (QED) is 0.891. The number of carbonyl (C=O) groups excluding carboxylic acids is 2. The number of halogens is 1. The molecule has 1 atom stereocenters. The molecule has 2 N–H and O–H groups in total. The van der Waals surface area contributed by atoms with Crippen LogP contribution in [0.5, 0.6) is 0 Å². The van der Waals surface area contributed by atoms with Crippen LogP contribution in [0, 0.1) is 5.82 Å². The average Bonchev–Trinajstić information content (AvgIpc) is 3.21. The van der Waals surface area contributed by atoms with Gasteiger partial charge in [-0.25, -0.2) is 4.39 Å². The Morgan fingerprint density at radius 2 is 2.05 bits per heavy atom. The molecule has 6 heteroatoms. The fourth-order valence-electron chi connectivity index (χ4n) is 2.90. The van der Waals surface area contributed by atoms with E-state index >= 15 is 0 Å². The van der Waals surface area contributed by atoms with E-state index in [0.29, 0.717) is 11.6 Å². The third-order valence-corrected chi connectivity index (χ3v) is 4.16. The lowest BCUT2D eigenvalue weighted by Gasteiger charge is -2.16. The first-order chi connectivity index (χ1) is 10.5. The summed E-state index contributed by atoms with van der Waals surface area (Å²) in [4.78, 5) is 25.7. The molecule has 2 amide bonds. The van der Waals surface area contributed by atoms with Crippen LogP contribution < -0.4 is 10.6 Å². The van der Waals surface area contributed by atoms with Crippen molar-refractivity contribution in [3.8, 4) is 0 Å². The molecular formula is C16H20FN3O2. The van der Waals surface area contributed by atoms with Gasteiger partial charge >= 0.3 is 0 Å². The Labute approximate surface area is 128 Å². The number of benzene rings is 1. The van der Waals surface area contributed by atoms with Crippen molar-refractivity contribution in [1.29, 1.82) is 0 Å². The summed E-state index contributed by atoms with van der Waals surface area (Å²) < 4.78 is 13.6. The van der Waals surface area contributed by atoms with E-state index in [1.54, 1.807) is 0 Å². The second kappa shape index (κ2) is 6.04. The lowest BCUT2D eigenvalue weighted by atomic mass is 10.1. The SMILES string of the molecule is CC(=O)Nc1cc(C(=O)NC2CCN(C3CC3)C2)ccc1F. The van der Waals surface area contributed by atoms with Crippen molar-refractivity contribution in [1.82, 2.24) is 10.2 Å². The molecule has 5 nitrogen and oxygen atoms in total. The van der Waals surface area contributed by atoms with Crippen molar-refractivity contribution in [2.24, 2.45) is 0 Å². The predicted molar refractivity (Wildman–Crippen MR) is 81.2 cm³/mol. The molecule has 1 aliphatic carbocycles. The second-order valence-corrected chi connectivity index (χ2v) is 6.06. The highest BCUT2D eigenvalue weighted by Crippen LogP contribution is 2.29. The molecule has 1 saturated heterocycles. The molecule has 1 aliphatic heterocycles. The van der Waals surface area contributed by atoms with Gasteiger partial charge in [-0.05, 0) is 37.5 Å². The van der Waals surface area contributed by atoms with Gasteiger partial charge in [0.1, 0.15) is 5.82 Å². The van der Waals surface area contributed by atoms with Gasteiger partial charge in [0.05, 0.1) is 5.69 Å². The highest BCUT2D eigenvalue weighted by molar-refractivity contribution is 5.97. The number of rotatable bonds is 4. The van der Waals surface area contributed by atoms with Crippen molar-refractivity contribution in [3.05, 3.63) is 29.6 Å². The zero-order valence-electron chi connectivity index (χ0n) is 12.6. The van der Waals surface area contributed by atoms with Crippen LogP contribution in [-0.4, -0.2) is 41.9 Å². The molecule has 1 unspecified atom stereocenters. The van der Waals surface area contributed by atoms with Crippen LogP contribution in [0.25, 0.3) is 0 Å². The summed E-state index contributed by atoms with van der Waals surface area (Å²) in [5.41, 5.74) is 0.390. The normalized spacial score (nSPS) is 21.6. The number of amides is 2. The van der Waals surface area contributed by atoms with Crippen molar-refractivity contribution in [2.45, 2.75) is 38.3 Å². The molecule has 1 aromatic rings. The number of nitrogens with zero attached hydrogens (tertiary/aromatic N) is 1. The first-order valence-electron chi connectivity index (χ1n) is 7.65. The highest BCUT2D eigenvalue weighted by atomic mass is 19.1. The number of carbonyl (C=O) groups is 2. The largest absolute Gasteiger partial charge is 0.348 e. The molecule has 0 bridgehead atoms. The number of hydrogen-bond donors (Lipinski definition) is 2. The Morgan fingerprint density at radius 1 is 1.27 bits per heavy atom. The van der Waals surface area contributed by atoms with Crippen LogP contribution in [0.4, 0.5) is 10.1 Å². The van der Waals surface area contributed by atoms with Crippen LogP contribution in [0.3, 0.4) is 0 Å². The van der Waals surface area contributed by atoms with Gasteiger partial charge in [0, 0.05) is 37.7 Å². The summed E-state index contributed by atoms with van der Waals surface area (Å²) in [5.74, 6) is -1.14. The van der Waals surface area contributed by atoms with Crippen molar-refractivity contribution in [3.63, 3.8) is 0 Å². The number of likely N-dealkylation sites (tertiary alicyclic amines) is 1. The molecule has 1 saturated carbocycles. The Balaban J connectivity index is 1.63. The van der Waals surface area contributed by atoms with Crippen LogP contribution in [0.2, 0.25) is 0 Å².